The van der Waals surface area contributed by atoms with Crippen LogP contribution in [0.25, 0.3) is 0 Å². The van der Waals surface area contributed by atoms with Gasteiger partial charge in [0.2, 0.25) is 15.9 Å². The standard InChI is InChI=1S/C18H29N3O3S/c1-6-19-9-11-20(12-10-19)18(22)16(4)21(25(5,23)24)17-13-14(2)7-8-15(17)3/h7-8,13,16H,6,9-12H2,1-5H3. The number of sulfonamides is 1. The van der Waals surface area contributed by atoms with E-state index in [9.17, 15) is 13.2 Å². The molecule has 1 aliphatic rings. The Balaban J connectivity index is 2.29. The number of piperazine rings is 1. The fraction of sp³-hybridized carbons (Fsp3) is 0.611. The number of nitrogens with zero attached hydrogens (tertiary/aromatic N) is 3. The lowest BCUT2D eigenvalue weighted by Crippen LogP contribution is -2.55. The summed E-state index contributed by atoms with van der Waals surface area (Å²) in [7, 11) is -3.58. The van der Waals surface area contributed by atoms with Crippen molar-refractivity contribution >= 4 is 21.6 Å². The number of carbonyl (C=O) groups is 1. The molecular formula is C18H29N3O3S. The fourth-order valence-corrected chi connectivity index (χ4v) is 4.50. The van der Waals surface area contributed by atoms with Gasteiger partial charge in [-0.05, 0) is 44.5 Å². The van der Waals surface area contributed by atoms with Crippen molar-refractivity contribution < 1.29 is 13.2 Å². The molecule has 2 rings (SSSR count). The molecule has 0 radical (unpaired) electrons. The van der Waals surface area contributed by atoms with Crippen LogP contribution in [0.4, 0.5) is 5.69 Å². The van der Waals surface area contributed by atoms with Crippen LogP contribution in [0.5, 0.6) is 0 Å². The maximum absolute atomic E-state index is 13.0. The Morgan fingerprint density at radius 3 is 2.32 bits per heavy atom. The molecule has 140 valence electrons. The Hall–Kier alpha value is -1.60. The molecule has 7 heteroatoms. The van der Waals surface area contributed by atoms with Gasteiger partial charge in [0.05, 0.1) is 11.9 Å². The Morgan fingerprint density at radius 1 is 1.20 bits per heavy atom. The number of amides is 1. The van der Waals surface area contributed by atoms with Crippen molar-refractivity contribution in [3.63, 3.8) is 0 Å². The molecule has 1 aromatic carbocycles. The van der Waals surface area contributed by atoms with Crippen molar-refractivity contribution in [3.8, 4) is 0 Å². The topological polar surface area (TPSA) is 60.9 Å². The molecule has 1 aliphatic heterocycles. The van der Waals surface area contributed by atoms with Gasteiger partial charge in [-0.2, -0.15) is 0 Å². The minimum Gasteiger partial charge on any atom is -0.338 e. The first-order valence-electron chi connectivity index (χ1n) is 8.73. The largest absolute Gasteiger partial charge is 0.338 e. The first kappa shape index (κ1) is 19.7. The molecule has 1 amide bonds. The van der Waals surface area contributed by atoms with Crippen LogP contribution in [0.1, 0.15) is 25.0 Å². The molecule has 0 aliphatic carbocycles. The number of benzene rings is 1. The van der Waals surface area contributed by atoms with E-state index in [-0.39, 0.29) is 5.91 Å². The summed E-state index contributed by atoms with van der Waals surface area (Å²) in [6, 6.07) is 4.90. The molecule has 0 aromatic heterocycles. The Labute approximate surface area is 151 Å². The second-order valence-corrected chi connectivity index (χ2v) is 8.64. The van der Waals surface area contributed by atoms with Crippen molar-refractivity contribution in [2.75, 3.05) is 43.3 Å². The van der Waals surface area contributed by atoms with Crippen LogP contribution >= 0.6 is 0 Å². The van der Waals surface area contributed by atoms with Crippen LogP contribution in [0.2, 0.25) is 0 Å². The normalized spacial score (nSPS) is 17.4. The summed E-state index contributed by atoms with van der Waals surface area (Å²) in [6.45, 7) is 11.5. The van der Waals surface area contributed by atoms with Gasteiger partial charge in [0.1, 0.15) is 6.04 Å². The van der Waals surface area contributed by atoms with Gasteiger partial charge in [-0.1, -0.05) is 19.1 Å². The highest BCUT2D eigenvalue weighted by molar-refractivity contribution is 7.92. The maximum atomic E-state index is 13.0. The predicted octanol–water partition coefficient (Wildman–Crippen LogP) is 1.62. The van der Waals surface area contributed by atoms with Crippen molar-refractivity contribution in [3.05, 3.63) is 29.3 Å². The third-order valence-corrected chi connectivity index (χ3v) is 6.03. The van der Waals surface area contributed by atoms with Gasteiger partial charge in [0.15, 0.2) is 0 Å². The van der Waals surface area contributed by atoms with Crippen LogP contribution < -0.4 is 4.31 Å². The Bertz CT molecular complexity index is 725. The van der Waals surface area contributed by atoms with Crippen LogP contribution in [-0.2, 0) is 14.8 Å². The summed E-state index contributed by atoms with van der Waals surface area (Å²) < 4.78 is 26.2. The summed E-state index contributed by atoms with van der Waals surface area (Å²) in [5.74, 6) is -0.137. The molecule has 6 nitrogen and oxygen atoms in total. The SMILES string of the molecule is CCN1CCN(C(=O)C(C)N(c2cc(C)ccc2C)S(C)(=O)=O)CC1. The second kappa shape index (κ2) is 7.74. The summed E-state index contributed by atoms with van der Waals surface area (Å²) >= 11 is 0. The van der Waals surface area contributed by atoms with Crippen molar-refractivity contribution in [2.45, 2.75) is 33.7 Å². The monoisotopic (exact) mass is 367 g/mol. The minimum absolute atomic E-state index is 0.137. The zero-order valence-corrected chi connectivity index (χ0v) is 16.6. The lowest BCUT2D eigenvalue weighted by Gasteiger charge is -2.38. The summed E-state index contributed by atoms with van der Waals surface area (Å²) in [5.41, 5.74) is 2.38. The molecule has 1 atom stereocenters. The number of aryl methyl sites for hydroxylation is 2. The van der Waals surface area contributed by atoms with E-state index in [0.717, 1.165) is 37.0 Å². The Kier molecular flexibility index (Phi) is 6.11. The molecule has 0 saturated carbocycles. The van der Waals surface area contributed by atoms with E-state index in [1.807, 2.05) is 32.0 Å². The quantitative estimate of drug-likeness (QED) is 0.793. The minimum atomic E-state index is -3.58. The van der Waals surface area contributed by atoms with Crippen LogP contribution in [0.15, 0.2) is 18.2 Å². The number of carbonyl (C=O) groups excluding carboxylic acids is 1. The average molecular weight is 368 g/mol. The lowest BCUT2D eigenvalue weighted by molar-refractivity contribution is -0.133. The first-order chi connectivity index (χ1) is 11.6. The van der Waals surface area contributed by atoms with Gasteiger partial charge < -0.3 is 9.80 Å². The van der Waals surface area contributed by atoms with Gasteiger partial charge in [0, 0.05) is 26.2 Å². The highest BCUT2D eigenvalue weighted by atomic mass is 32.2. The van der Waals surface area contributed by atoms with Gasteiger partial charge in [0.25, 0.3) is 0 Å². The van der Waals surface area contributed by atoms with Crippen molar-refractivity contribution in [1.82, 2.24) is 9.80 Å². The van der Waals surface area contributed by atoms with Crippen molar-refractivity contribution in [2.24, 2.45) is 0 Å². The van der Waals surface area contributed by atoms with Gasteiger partial charge in [-0.15, -0.1) is 0 Å². The van der Waals surface area contributed by atoms with E-state index < -0.39 is 16.1 Å². The molecule has 1 heterocycles. The summed E-state index contributed by atoms with van der Waals surface area (Å²) in [5, 5.41) is 0. The average Bonchev–Trinajstić information content (AvgIpc) is 2.56. The number of hydrogen-bond acceptors (Lipinski definition) is 4. The second-order valence-electron chi connectivity index (χ2n) is 6.78. The molecule has 0 bridgehead atoms. The maximum Gasteiger partial charge on any atom is 0.246 e. The molecule has 25 heavy (non-hydrogen) atoms. The fourth-order valence-electron chi connectivity index (χ4n) is 3.28. The molecular weight excluding hydrogens is 338 g/mol. The number of hydrogen-bond donors (Lipinski definition) is 0. The third kappa shape index (κ3) is 4.52. The number of likely N-dealkylation sites (N-methyl/N-ethyl adjacent to an activating group) is 1. The van der Waals surface area contributed by atoms with E-state index in [2.05, 4.69) is 11.8 Å². The predicted molar refractivity (Wildman–Crippen MR) is 101 cm³/mol. The van der Waals surface area contributed by atoms with E-state index in [1.54, 1.807) is 11.8 Å². The molecule has 1 fully saturated rings. The number of rotatable bonds is 5. The van der Waals surface area contributed by atoms with Crippen LogP contribution in [0, 0.1) is 13.8 Å². The third-order valence-electron chi connectivity index (χ3n) is 4.80. The Morgan fingerprint density at radius 2 is 1.80 bits per heavy atom. The van der Waals surface area contributed by atoms with Gasteiger partial charge in [-0.3, -0.25) is 9.10 Å². The number of anilines is 1. The zero-order valence-electron chi connectivity index (χ0n) is 15.8. The van der Waals surface area contributed by atoms with Crippen LogP contribution in [0.3, 0.4) is 0 Å². The van der Waals surface area contributed by atoms with E-state index in [0.29, 0.717) is 18.8 Å². The van der Waals surface area contributed by atoms with Gasteiger partial charge >= 0.3 is 0 Å². The summed E-state index contributed by atoms with van der Waals surface area (Å²) in [4.78, 5) is 17.0. The van der Waals surface area contributed by atoms with Crippen molar-refractivity contribution in [1.29, 1.82) is 0 Å². The van der Waals surface area contributed by atoms with E-state index in [1.165, 1.54) is 4.31 Å². The summed E-state index contributed by atoms with van der Waals surface area (Å²) in [6.07, 6.45) is 1.16. The van der Waals surface area contributed by atoms with E-state index in [4.69, 9.17) is 0 Å². The highest BCUT2D eigenvalue weighted by Crippen LogP contribution is 2.27. The smallest absolute Gasteiger partial charge is 0.246 e. The molecule has 0 spiro atoms. The molecule has 1 unspecified atom stereocenters. The van der Waals surface area contributed by atoms with E-state index >= 15 is 0 Å². The zero-order chi connectivity index (χ0) is 18.8. The molecule has 1 aromatic rings. The lowest BCUT2D eigenvalue weighted by atomic mass is 10.1. The molecule has 1 saturated heterocycles. The van der Waals surface area contributed by atoms with Gasteiger partial charge in [-0.25, -0.2) is 8.42 Å². The van der Waals surface area contributed by atoms with Crippen LogP contribution in [-0.4, -0.2) is 69.1 Å². The first-order valence-corrected chi connectivity index (χ1v) is 10.6. The highest BCUT2D eigenvalue weighted by Gasteiger charge is 2.33. The molecule has 0 N–H and O–H groups in total.